The van der Waals surface area contributed by atoms with E-state index in [1.807, 2.05) is 0 Å². The molecule has 1 heterocycles. The first-order valence-corrected chi connectivity index (χ1v) is 11.5. The molecule has 1 saturated heterocycles. The van der Waals surface area contributed by atoms with Gasteiger partial charge in [-0.15, -0.1) is 0 Å². The molecule has 1 atom stereocenters. The van der Waals surface area contributed by atoms with Crippen LogP contribution in [0.4, 0.5) is 0 Å². The minimum atomic E-state index is -3.35. The van der Waals surface area contributed by atoms with Crippen molar-refractivity contribution in [3.63, 3.8) is 0 Å². The summed E-state index contributed by atoms with van der Waals surface area (Å²) in [7, 11) is -1.76. The summed E-state index contributed by atoms with van der Waals surface area (Å²) in [5.74, 6) is 1.24. The number of rotatable bonds is 8. The highest BCUT2D eigenvalue weighted by atomic mass is 32.2. The first-order valence-electron chi connectivity index (χ1n) is 9.84. The first kappa shape index (κ1) is 21.2. The predicted molar refractivity (Wildman–Crippen MR) is 111 cm³/mol. The average Bonchev–Trinajstić information content (AvgIpc) is 2.77. The van der Waals surface area contributed by atoms with Crippen molar-refractivity contribution in [2.75, 3.05) is 26.0 Å². The van der Waals surface area contributed by atoms with E-state index in [-0.39, 0.29) is 24.3 Å². The third kappa shape index (κ3) is 5.73. The van der Waals surface area contributed by atoms with Crippen molar-refractivity contribution < 1.29 is 22.7 Å². The minimum Gasteiger partial charge on any atom is -0.497 e. The number of methoxy groups -OCH3 is 1. The molecule has 0 saturated carbocycles. The fourth-order valence-electron chi connectivity index (χ4n) is 3.57. The van der Waals surface area contributed by atoms with E-state index in [0.717, 1.165) is 25.0 Å². The van der Waals surface area contributed by atoms with Gasteiger partial charge in [0.05, 0.1) is 17.8 Å². The van der Waals surface area contributed by atoms with Crippen LogP contribution in [0.5, 0.6) is 11.5 Å². The molecule has 3 rings (SSSR count). The summed E-state index contributed by atoms with van der Waals surface area (Å²) in [5, 5.41) is 0. The number of amides is 1. The zero-order chi connectivity index (χ0) is 20.7. The van der Waals surface area contributed by atoms with Crippen LogP contribution in [0.15, 0.2) is 59.5 Å². The highest BCUT2D eigenvalue weighted by Gasteiger charge is 2.28. The van der Waals surface area contributed by atoms with Crippen molar-refractivity contribution >= 4 is 15.7 Å². The van der Waals surface area contributed by atoms with E-state index in [9.17, 15) is 13.2 Å². The van der Waals surface area contributed by atoms with Crippen LogP contribution in [0, 0.1) is 0 Å². The predicted octanol–water partition coefficient (Wildman–Crippen LogP) is 3.32. The van der Waals surface area contributed by atoms with Crippen molar-refractivity contribution in [3.8, 4) is 11.5 Å². The smallest absolute Gasteiger partial charge is 0.260 e. The second kappa shape index (κ2) is 9.78. The largest absolute Gasteiger partial charge is 0.497 e. The van der Waals surface area contributed by atoms with Crippen LogP contribution in [-0.2, 0) is 14.6 Å². The molecule has 29 heavy (non-hydrogen) atoms. The van der Waals surface area contributed by atoms with Gasteiger partial charge in [-0.3, -0.25) is 4.79 Å². The molecule has 0 spiro atoms. The number of likely N-dealkylation sites (tertiary alicyclic amines) is 1. The topological polar surface area (TPSA) is 72.9 Å². The molecule has 1 unspecified atom stereocenters. The number of nitrogens with zero attached hydrogens (tertiary/aromatic N) is 1. The average molecular weight is 418 g/mol. The van der Waals surface area contributed by atoms with Crippen molar-refractivity contribution in [1.82, 2.24) is 4.90 Å². The highest BCUT2D eigenvalue weighted by molar-refractivity contribution is 7.91. The van der Waals surface area contributed by atoms with E-state index in [1.165, 1.54) is 0 Å². The van der Waals surface area contributed by atoms with Crippen molar-refractivity contribution in [1.29, 1.82) is 0 Å². The van der Waals surface area contributed by atoms with Crippen molar-refractivity contribution in [3.05, 3.63) is 54.6 Å². The van der Waals surface area contributed by atoms with Gasteiger partial charge in [0.25, 0.3) is 5.91 Å². The summed E-state index contributed by atoms with van der Waals surface area (Å²) in [6.45, 7) is 0.578. The Labute approximate surface area is 172 Å². The Morgan fingerprint density at radius 3 is 2.41 bits per heavy atom. The normalized spacial score (nSPS) is 17.0. The second-order valence-electron chi connectivity index (χ2n) is 7.12. The van der Waals surface area contributed by atoms with E-state index in [4.69, 9.17) is 9.47 Å². The number of benzene rings is 2. The number of ether oxygens (including phenoxy) is 2. The zero-order valence-corrected chi connectivity index (χ0v) is 17.4. The van der Waals surface area contributed by atoms with Crippen molar-refractivity contribution in [2.45, 2.75) is 36.6 Å². The lowest BCUT2D eigenvalue weighted by molar-refractivity contribution is -0.137. The van der Waals surface area contributed by atoms with Crippen LogP contribution in [0.1, 0.15) is 25.7 Å². The van der Waals surface area contributed by atoms with E-state index in [0.29, 0.717) is 23.6 Å². The number of sulfone groups is 1. The molecular weight excluding hydrogens is 390 g/mol. The number of hydrogen-bond donors (Lipinski definition) is 0. The Hall–Kier alpha value is -2.54. The number of hydrogen-bond acceptors (Lipinski definition) is 5. The molecule has 156 valence electrons. The lowest BCUT2D eigenvalue weighted by Crippen LogP contribution is -2.46. The molecule has 1 aliphatic heterocycles. The van der Waals surface area contributed by atoms with Crippen LogP contribution < -0.4 is 9.47 Å². The van der Waals surface area contributed by atoms with Gasteiger partial charge in [0, 0.05) is 12.6 Å². The van der Waals surface area contributed by atoms with E-state index < -0.39 is 9.84 Å². The molecule has 0 bridgehead atoms. The van der Waals surface area contributed by atoms with Gasteiger partial charge in [0.15, 0.2) is 16.4 Å². The molecule has 2 aromatic carbocycles. The maximum absolute atomic E-state index is 12.7. The highest BCUT2D eigenvalue weighted by Crippen LogP contribution is 2.23. The molecule has 7 heteroatoms. The number of carbonyl (C=O) groups is 1. The quantitative estimate of drug-likeness (QED) is 0.659. The maximum atomic E-state index is 12.7. The van der Waals surface area contributed by atoms with Gasteiger partial charge < -0.3 is 14.4 Å². The van der Waals surface area contributed by atoms with E-state index in [2.05, 4.69) is 0 Å². The zero-order valence-electron chi connectivity index (χ0n) is 16.6. The summed E-state index contributed by atoms with van der Waals surface area (Å²) < 4.78 is 35.9. The fraction of sp³-hybridized carbons (Fsp3) is 0.409. The number of carbonyl (C=O) groups excluding carboxylic acids is 1. The lowest BCUT2D eigenvalue weighted by atomic mass is 10.00. The summed E-state index contributed by atoms with van der Waals surface area (Å²) in [6.07, 6.45) is 3.18. The fourth-order valence-corrected chi connectivity index (χ4v) is 4.96. The first-order chi connectivity index (χ1) is 14.0. The molecule has 0 aromatic heterocycles. The summed E-state index contributed by atoms with van der Waals surface area (Å²) in [4.78, 5) is 14.8. The summed E-state index contributed by atoms with van der Waals surface area (Å²) in [6, 6.07) is 15.5. The van der Waals surface area contributed by atoms with E-state index >= 15 is 0 Å². The molecule has 2 aromatic rings. The van der Waals surface area contributed by atoms with Crippen LogP contribution in [-0.4, -0.2) is 51.3 Å². The Balaban J connectivity index is 1.57. The summed E-state index contributed by atoms with van der Waals surface area (Å²) in [5.41, 5.74) is 0. The summed E-state index contributed by atoms with van der Waals surface area (Å²) >= 11 is 0. The molecule has 0 aliphatic carbocycles. The standard InChI is InChI=1S/C22H27NO5S/c1-27-19-10-12-20(13-11-19)28-17-22(24)23-15-6-5-7-18(23)14-16-29(25,26)21-8-3-2-4-9-21/h2-4,8-13,18H,5-7,14-17H2,1H3. The van der Waals surface area contributed by atoms with Gasteiger partial charge in [-0.05, 0) is 62.1 Å². The Kier molecular flexibility index (Phi) is 7.14. The van der Waals surface area contributed by atoms with Gasteiger partial charge in [-0.1, -0.05) is 18.2 Å². The Morgan fingerprint density at radius 2 is 1.72 bits per heavy atom. The third-order valence-electron chi connectivity index (χ3n) is 5.19. The molecule has 6 nitrogen and oxygen atoms in total. The molecule has 1 aliphatic rings. The molecule has 1 fully saturated rings. The van der Waals surface area contributed by atoms with Crippen LogP contribution in [0.25, 0.3) is 0 Å². The van der Waals surface area contributed by atoms with Crippen LogP contribution >= 0.6 is 0 Å². The SMILES string of the molecule is COc1ccc(OCC(=O)N2CCCCC2CCS(=O)(=O)c2ccccc2)cc1. The van der Waals surface area contributed by atoms with Crippen molar-refractivity contribution in [2.24, 2.45) is 0 Å². The lowest BCUT2D eigenvalue weighted by Gasteiger charge is -2.35. The van der Waals surface area contributed by atoms with Gasteiger partial charge >= 0.3 is 0 Å². The van der Waals surface area contributed by atoms with Gasteiger partial charge in [0.2, 0.25) is 0 Å². The monoisotopic (exact) mass is 417 g/mol. The maximum Gasteiger partial charge on any atom is 0.260 e. The molecular formula is C22H27NO5S. The van der Waals surface area contributed by atoms with Gasteiger partial charge in [-0.2, -0.15) is 0 Å². The Bertz CT molecular complexity index is 897. The molecule has 1 amide bonds. The molecule has 0 radical (unpaired) electrons. The molecule has 0 N–H and O–H groups in total. The van der Waals surface area contributed by atoms with Gasteiger partial charge in [0.1, 0.15) is 11.5 Å². The number of piperidine rings is 1. The van der Waals surface area contributed by atoms with Crippen LogP contribution in [0.3, 0.4) is 0 Å². The van der Waals surface area contributed by atoms with E-state index in [1.54, 1.807) is 66.6 Å². The minimum absolute atomic E-state index is 0.0325. The van der Waals surface area contributed by atoms with Crippen LogP contribution in [0.2, 0.25) is 0 Å². The third-order valence-corrected chi connectivity index (χ3v) is 6.95. The Morgan fingerprint density at radius 1 is 1.03 bits per heavy atom. The second-order valence-corrected chi connectivity index (χ2v) is 9.23. The van der Waals surface area contributed by atoms with Gasteiger partial charge in [-0.25, -0.2) is 8.42 Å².